The molecule has 2 amide bonds. The Kier molecular flexibility index (Phi) is 8.14. The lowest BCUT2D eigenvalue weighted by molar-refractivity contribution is -0.384. The van der Waals surface area contributed by atoms with E-state index in [4.69, 9.17) is 5.11 Å². The van der Waals surface area contributed by atoms with Crippen molar-refractivity contribution in [1.29, 1.82) is 0 Å². The number of hydrogen-bond donors (Lipinski definition) is 2. The summed E-state index contributed by atoms with van der Waals surface area (Å²) in [5.74, 6) is -0.906. The van der Waals surface area contributed by atoms with Crippen LogP contribution in [0.5, 0.6) is 0 Å². The standard InChI is InChI=1S/C21H25N3O5/c1-23(13-12-17-8-5-9-19(15-17)24(28)29)21(27)22-18(10-11-20(25)26)14-16-6-3-2-4-7-16/h2-9,15,18H,10-14H2,1H3,(H,22,27)(H,25,26). The summed E-state index contributed by atoms with van der Waals surface area (Å²) in [6, 6.07) is 15.3. The van der Waals surface area contributed by atoms with Crippen molar-refractivity contribution < 1.29 is 19.6 Å². The highest BCUT2D eigenvalue weighted by atomic mass is 16.6. The maximum atomic E-state index is 12.5. The molecule has 0 aromatic heterocycles. The van der Waals surface area contributed by atoms with Gasteiger partial charge in [-0.3, -0.25) is 14.9 Å². The lowest BCUT2D eigenvalue weighted by Crippen LogP contribution is -2.44. The van der Waals surface area contributed by atoms with E-state index in [1.807, 2.05) is 30.3 Å². The fourth-order valence-corrected chi connectivity index (χ4v) is 2.93. The van der Waals surface area contributed by atoms with Gasteiger partial charge < -0.3 is 15.3 Å². The minimum Gasteiger partial charge on any atom is -0.481 e. The molecule has 0 aliphatic rings. The number of carbonyl (C=O) groups is 2. The van der Waals surface area contributed by atoms with E-state index in [1.165, 1.54) is 17.0 Å². The van der Waals surface area contributed by atoms with Gasteiger partial charge >= 0.3 is 12.0 Å². The number of nitro groups is 1. The normalized spacial score (nSPS) is 11.5. The molecule has 0 bridgehead atoms. The summed E-state index contributed by atoms with van der Waals surface area (Å²) >= 11 is 0. The number of nitro benzene ring substituents is 1. The number of non-ortho nitro benzene ring substituents is 1. The van der Waals surface area contributed by atoms with Crippen molar-refractivity contribution in [3.8, 4) is 0 Å². The Labute approximate surface area is 169 Å². The highest BCUT2D eigenvalue weighted by Gasteiger charge is 2.17. The van der Waals surface area contributed by atoms with Crippen molar-refractivity contribution in [3.05, 3.63) is 75.8 Å². The Balaban J connectivity index is 1.93. The number of aliphatic carboxylic acids is 1. The molecule has 0 fully saturated rings. The lowest BCUT2D eigenvalue weighted by atomic mass is 10.0. The van der Waals surface area contributed by atoms with Gasteiger partial charge in [-0.2, -0.15) is 0 Å². The second-order valence-electron chi connectivity index (χ2n) is 6.87. The molecular formula is C21H25N3O5. The monoisotopic (exact) mass is 399 g/mol. The van der Waals surface area contributed by atoms with Gasteiger partial charge in [0.2, 0.25) is 0 Å². The Morgan fingerprint density at radius 1 is 1.14 bits per heavy atom. The maximum Gasteiger partial charge on any atom is 0.317 e. The van der Waals surface area contributed by atoms with Gasteiger partial charge in [0.05, 0.1) is 4.92 Å². The zero-order valence-electron chi connectivity index (χ0n) is 16.3. The summed E-state index contributed by atoms with van der Waals surface area (Å²) in [5, 5.41) is 22.7. The molecule has 2 N–H and O–H groups in total. The summed E-state index contributed by atoms with van der Waals surface area (Å²) in [5.41, 5.74) is 1.80. The van der Waals surface area contributed by atoms with Gasteiger partial charge in [-0.05, 0) is 30.4 Å². The van der Waals surface area contributed by atoms with Gasteiger partial charge in [0.25, 0.3) is 5.69 Å². The zero-order chi connectivity index (χ0) is 21.2. The number of carboxylic acid groups (broad SMARTS) is 1. The number of hydrogen-bond acceptors (Lipinski definition) is 4. The third-order valence-corrected chi connectivity index (χ3v) is 4.56. The van der Waals surface area contributed by atoms with Crippen molar-refractivity contribution in [3.63, 3.8) is 0 Å². The van der Waals surface area contributed by atoms with Crippen molar-refractivity contribution >= 4 is 17.7 Å². The second-order valence-corrected chi connectivity index (χ2v) is 6.87. The molecule has 29 heavy (non-hydrogen) atoms. The van der Waals surface area contributed by atoms with Crippen LogP contribution in [0.1, 0.15) is 24.0 Å². The molecule has 0 aliphatic carbocycles. The highest BCUT2D eigenvalue weighted by Crippen LogP contribution is 2.14. The van der Waals surface area contributed by atoms with E-state index in [-0.39, 0.29) is 24.2 Å². The first-order valence-electron chi connectivity index (χ1n) is 9.36. The van der Waals surface area contributed by atoms with E-state index in [0.717, 1.165) is 11.1 Å². The third kappa shape index (κ3) is 7.61. The molecule has 0 aliphatic heterocycles. The molecule has 0 heterocycles. The fraction of sp³-hybridized carbons (Fsp3) is 0.333. The van der Waals surface area contributed by atoms with Crippen LogP contribution in [0.3, 0.4) is 0 Å². The van der Waals surface area contributed by atoms with Gasteiger partial charge in [-0.1, -0.05) is 42.5 Å². The Bertz CT molecular complexity index is 841. The quantitative estimate of drug-likeness (QED) is 0.470. The number of benzene rings is 2. The first kappa shape index (κ1) is 21.9. The van der Waals surface area contributed by atoms with E-state index < -0.39 is 10.9 Å². The maximum absolute atomic E-state index is 12.5. The summed E-state index contributed by atoms with van der Waals surface area (Å²) in [6.07, 6.45) is 1.31. The molecule has 1 unspecified atom stereocenters. The van der Waals surface area contributed by atoms with Gasteiger partial charge in [0.1, 0.15) is 0 Å². The third-order valence-electron chi connectivity index (χ3n) is 4.56. The molecule has 2 rings (SSSR count). The minimum absolute atomic E-state index is 0.0196. The van der Waals surface area contributed by atoms with Crippen LogP contribution in [-0.4, -0.2) is 46.6 Å². The summed E-state index contributed by atoms with van der Waals surface area (Å²) in [6.45, 7) is 0.379. The summed E-state index contributed by atoms with van der Waals surface area (Å²) in [7, 11) is 1.64. The number of likely N-dealkylation sites (N-methyl/N-ethyl adjacent to an activating group) is 1. The van der Waals surface area contributed by atoms with E-state index in [1.54, 1.807) is 19.2 Å². The minimum atomic E-state index is -0.906. The average Bonchev–Trinajstić information content (AvgIpc) is 2.71. The van der Waals surface area contributed by atoms with Gasteiger partial charge in [0.15, 0.2) is 0 Å². The van der Waals surface area contributed by atoms with Gasteiger partial charge in [0, 0.05) is 38.2 Å². The largest absolute Gasteiger partial charge is 0.481 e. The average molecular weight is 399 g/mol. The van der Waals surface area contributed by atoms with Gasteiger partial charge in [-0.25, -0.2) is 4.79 Å². The van der Waals surface area contributed by atoms with Crippen molar-refractivity contribution in [1.82, 2.24) is 10.2 Å². The Morgan fingerprint density at radius 3 is 2.48 bits per heavy atom. The predicted molar refractivity (Wildman–Crippen MR) is 109 cm³/mol. The molecule has 2 aromatic carbocycles. The number of nitrogens with one attached hydrogen (secondary N) is 1. The van der Waals surface area contributed by atoms with E-state index in [0.29, 0.717) is 25.8 Å². The molecule has 0 saturated carbocycles. The SMILES string of the molecule is CN(CCc1cccc([N+](=O)[O-])c1)C(=O)NC(CCC(=O)O)Cc1ccccc1. The molecule has 8 heteroatoms. The molecule has 1 atom stereocenters. The predicted octanol–water partition coefficient (Wildman–Crippen LogP) is 3.25. The van der Waals surface area contributed by atoms with E-state index in [2.05, 4.69) is 5.32 Å². The lowest BCUT2D eigenvalue weighted by Gasteiger charge is -2.23. The molecule has 2 aromatic rings. The van der Waals surface area contributed by atoms with Crippen molar-refractivity contribution in [2.75, 3.05) is 13.6 Å². The first-order chi connectivity index (χ1) is 13.8. The van der Waals surface area contributed by atoms with Crippen LogP contribution in [0.15, 0.2) is 54.6 Å². The number of rotatable bonds is 10. The van der Waals surface area contributed by atoms with Crippen molar-refractivity contribution in [2.24, 2.45) is 0 Å². The second kappa shape index (κ2) is 10.8. The first-order valence-corrected chi connectivity index (χ1v) is 9.36. The van der Waals surface area contributed by atoms with Crippen LogP contribution in [0.25, 0.3) is 0 Å². The number of carboxylic acids is 1. The van der Waals surface area contributed by atoms with Crippen LogP contribution in [0, 0.1) is 10.1 Å². The fourth-order valence-electron chi connectivity index (χ4n) is 2.93. The summed E-state index contributed by atoms with van der Waals surface area (Å²) < 4.78 is 0. The van der Waals surface area contributed by atoms with Crippen LogP contribution in [0.2, 0.25) is 0 Å². The topological polar surface area (TPSA) is 113 Å². The van der Waals surface area contributed by atoms with Crippen LogP contribution < -0.4 is 5.32 Å². The number of carbonyl (C=O) groups excluding carboxylic acids is 1. The zero-order valence-corrected chi connectivity index (χ0v) is 16.3. The molecular weight excluding hydrogens is 374 g/mol. The Morgan fingerprint density at radius 2 is 1.83 bits per heavy atom. The highest BCUT2D eigenvalue weighted by molar-refractivity contribution is 5.74. The Hall–Kier alpha value is -3.42. The van der Waals surface area contributed by atoms with Crippen molar-refractivity contribution in [2.45, 2.75) is 31.7 Å². The number of urea groups is 1. The van der Waals surface area contributed by atoms with Crippen LogP contribution in [0.4, 0.5) is 10.5 Å². The van der Waals surface area contributed by atoms with Crippen LogP contribution >= 0.6 is 0 Å². The van der Waals surface area contributed by atoms with E-state index >= 15 is 0 Å². The molecule has 154 valence electrons. The van der Waals surface area contributed by atoms with Crippen LogP contribution in [-0.2, 0) is 17.6 Å². The molecule has 0 radical (unpaired) electrons. The summed E-state index contributed by atoms with van der Waals surface area (Å²) in [4.78, 5) is 35.4. The molecule has 0 spiro atoms. The van der Waals surface area contributed by atoms with E-state index in [9.17, 15) is 19.7 Å². The molecule has 8 nitrogen and oxygen atoms in total. The number of amides is 2. The molecule has 0 saturated heterocycles. The smallest absolute Gasteiger partial charge is 0.317 e. The van der Waals surface area contributed by atoms with Gasteiger partial charge in [-0.15, -0.1) is 0 Å². The number of nitrogens with zero attached hydrogens (tertiary/aromatic N) is 2.